The third-order valence-electron chi connectivity index (χ3n) is 3.08. The molecule has 6 nitrogen and oxygen atoms in total. The number of pyridine rings is 1. The van der Waals surface area contributed by atoms with Crippen molar-refractivity contribution in [3.05, 3.63) is 54.0 Å². The number of para-hydroxylation sites is 1. The first kappa shape index (κ1) is 12.4. The number of phenolic OH excluding ortho intramolecular Hbond substituents is 2. The van der Waals surface area contributed by atoms with Crippen molar-refractivity contribution in [1.82, 2.24) is 19.9 Å². The van der Waals surface area contributed by atoms with Crippen LogP contribution >= 0.6 is 0 Å². The first-order valence-corrected chi connectivity index (χ1v) is 6.25. The summed E-state index contributed by atoms with van der Waals surface area (Å²) in [6.45, 7) is 0.947. The predicted octanol–water partition coefficient (Wildman–Crippen LogP) is 1.43. The Kier molecular flexibility index (Phi) is 3.22. The predicted molar refractivity (Wildman–Crippen MR) is 73.3 cm³/mol. The van der Waals surface area contributed by atoms with Gasteiger partial charge in [-0.25, -0.2) is 0 Å². The van der Waals surface area contributed by atoms with E-state index in [0.29, 0.717) is 18.7 Å². The van der Waals surface area contributed by atoms with Gasteiger partial charge in [0.05, 0.1) is 6.54 Å². The molecule has 0 amide bonds. The average molecular weight is 270 g/mol. The molecule has 3 aromatic rings. The Hall–Kier alpha value is -2.60. The minimum absolute atomic E-state index is 0.0916. The molecule has 0 spiro atoms. The molecule has 3 rings (SSSR count). The minimum Gasteiger partial charge on any atom is -0.504 e. The van der Waals surface area contributed by atoms with Crippen molar-refractivity contribution in [3.8, 4) is 11.5 Å². The summed E-state index contributed by atoms with van der Waals surface area (Å²) >= 11 is 0. The molecule has 3 N–H and O–H groups in total. The van der Waals surface area contributed by atoms with Gasteiger partial charge in [0.15, 0.2) is 23.0 Å². The molecule has 0 saturated carbocycles. The van der Waals surface area contributed by atoms with E-state index in [9.17, 15) is 10.2 Å². The number of rotatable bonds is 4. The lowest BCUT2D eigenvalue weighted by molar-refractivity contribution is 0.397. The SMILES string of the molecule is Oc1cccc(CNCc2nnc3ccccn23)c1O. The molecular formula is C14H14N4O2. The van der Waals surface area contributed by atoms with Crippen molar-refractivity contribution >= 4 is 5.65 Å². The minimum atomic E-state index is -0.114. The van der Waals surface area contributed by atoms with Gasteiger partial charge in [-0.3, -0.25) is 4.40 Å². The third-order valence-corrected chi connectivity index (χ3v) is 3.08. The van der Waals surface area contributed by atoms with Gasteiger partial charge in [-0.2, -0.15) is 0 Å². The van der Waals surface area contributed by atoms with Crippen molar-refractivity contribution < 1.29 is 10.2 Å². The quantitative estimate of drug-likeness (QED) is 0.625. The Morgan fingerprint density at radius 2 is 1.90 bits per heavy atom. The van der Waals surface area contributed by atoms with Crippen LogP contribution in [-0.2, 0) is 13.1 Å². The number of phenols is 2. The number of hydrogen-bond acceptors (Lipinski definition) is 5. The summed E-state index contributed by atoms with van der Waals surface area (Å²) in [6, 6.07) is 10.6. The van der Waals surface area contributed by atoms with Gasteiger partial charge < -0.3 is 15.5 Å². The molecule has 0 unspecified atom stereocenters. The van der Waals surface area contributed by atoms with Crippen LogP contribution in [0.2, 0.25) is 0 Å². The first-order chi connectivity index (χ1) is 9.75. The van der Waals surface area contributed by atoms with Crippen LogP contribution in [0.25, 0.3) is 5.65 Å². The van der Waals surface area contributed by atoms with Crippen LogP contribution in [0, 0.1) is 0 Å². The molecular weight excluding hydrogens is 256 g/mol. The zero-order valence-corrected chi connectivity index (χ0v) is 10.7. The normalized spacial score (nSPS) is 11.0. The zero-order chi connectivity index (χ0) is 13.9. The smallest absolute Gasteiger partial charge is 0.161 e. The van der Waals surface area contributed by atoms with E-state index in [1.165, 1.54) is 6.07 Å². The fourth-order valence-electron chi connectivity index (χ4n) is 2.04. The number of aromatic nitrogens is 3. The molecule has 0 aliphatic heterocycles. The molecule has 0 fully saturated rings. The Labute approximate surface area is 115 Å². The number of aromatic hydroxyl groups is 2. The molecule has 0 aliphatic carbocycles. The number of fused-ring (bicyclic) bond motifs is 1. The van der Waals surface area contributed by atoms with Gasteiger partial charge in [0.25, 0.3) is 0 Å². The van der Waals surface area contributed by atoms with E-state index in [0.717, 1.165) is 11.5 Å². The van der Waals surface area contributed by atoms with Crippen LogP contribution in [0.3, 0.4) is 0 Å². The lowest BCUT2D eigenvalue weighted by Crippen LogP contribution is -2.15. The van der Waals surface area contributed by atoms with E-state index in [1.54, 1.807) is 12.1 Å². The molecule has 0 atom stereocenters. The van der Waals surface area contributed by atoms with Gasteiger partial charge in [0.1, 0.15) is 0 Å². The average Bonchev–Trinajstić information content (AvgIpc) is 2.87. The molecule has 0 aliphatic rings. The monoisotopic (exact) mass is 270 g/mol. The van der Waals surface area contributed by atoms with Gasteiger partial charge in [0.2, 0.25) is 0 Å². The topological polar surface area (TPSA) is 82.7 Å². The first-order valence-electron chi connectivity index (χ1n) is 6.25. The van der Waals surface area contributed by atoms with Gasteiger partial charge in [-0.15, -0.1) is 10.2 Å². The fourth-order valence-corrected chi connectivity index (χ4v) is 2.04. The molecule has 6 heteroatoms. The third kappa shape index (κ3) is 2.28. The Morgan fingerprint density at radius 1 is 1.00 bits per heavy atom. The van der Waals surface area contributed by atoms with Crippen LogP contribution in [0.1, 0.15) is 11.4 Å². The Bertz CT molecular complexity index is 739. The Balaban J connectivity index is 1.70. The standard InChI is InChI=1S/C14H14N4O2/c19-11-5-3-4-10(14(11)20)8-15-9-13-17-16-12-6-1-2-7-18(12)13/h1-7,15,19-20H,8-9H2. The van der Waals surface area contributed by atoms with Crippen molar-refractivity contribution in [1.29, 1.82) is 0 Å². The molecule has 102 valence electrons. The van der Waals surface area contributed by atoms with Crippen LogP contribution in [0.5, 0.6) is 11.5 Å². The van der Waals surface area contributed by atoms with Gasteiger partial charge in [-0.1, -0.05) is 18.2 Å². The van der Waals surface area contributed by atoms with Gasteiger partial charge in [-0.05, 0) is 18.2 Å². The van der Waals surface area contributed by atoms with Crippen LogP contribution in [0.15, 0.2) is 42.6 Å². The second-order valence-corrected chi connectivity index (χ2v) is 4.43. The number of benzene rings is 1. The van der Waals surface area contributed by atoms with Crippen LogP contribution in [0.4, 0.5) is 0 Å². The van der Waals surface area contributed by atoms with Crippen LogP contribution < -0.4 is 5.32 Å². The maximum Gasteiger partial charge on any atom is 0.161 e. The van der Waals surface area contributed by atoms with Gasteiger partial charge >= 0.3 is 0 Å². The summed E-state index contributed by atoms with van der Waals surface area (Å²) in [5, 5.41) is 30.5. The molecule has 2 heterocycles. The maximum absolute atomic E-state index is 9.70. The summed E-state index contributed by atoms with van der Waals surface area (Å²) < 4.78 is 1.90. The van der Waals surface area contributed by atoms with Gasteiger partial charge in [0, 0.05) is 18.3 Å². The van der Waals surface area contributed by atoms with Crippen molar-refractivity contribution in [2.75, 3.05) is 0 Å². The highest BCUT2D eigenvalue weighted by Crippen LogP contribution is 2.27. The fraction of sp³-hybridized carbons (Fsp3) is 0.143. The number of nitrogens with zero attached hydrogens (tertiary/aromatic N) is 3. The molecule has 0 saturated heterocycles. The second kappa shape index (κ2) is 5.18. The molecule has 0 radical (unpaired) electrons. The highest BCUT2D eigenvalue weighted by Gasteiger charge is 2.07. The van der Waals surface area contributed by atoms with Crippen molar-refractivity contribution in [2.45, 2.75) is 13.1 Å². The Morgan fingerprint density at radius 3 is 2.80 bits per heavy atom. The summed E-state index contributed by atoms with van der Waals surface area (Å²) in [7, 11) is 0. The highest BCUT2D eigenvalue weighted by atomic mass is 16.3. The van der Waals surface area contributed by atoms with E-state index in [1.807, 2.05) is 28.8 Å². The molecule has 2 aromatic heterocycles. The molecule has 20 heavy (non-hydrogen) atoms. The van der Waals surface area contributed by atoms with E-state index in [4.69, 9.17) is 0 Å². The van der Waals surface area contributed by atoms with E-state index >= 15 is 0 Å². The van der Waals surface area contributed by atoms with E-state index < -0.39 is 0 Å². The van der Waals surface area contributed by atoms with Crippen molar-refractivity contribution in [3.63, 3.8) is 0 Å². The summed E-state index contributed by atoms with van der Waals surface area (Å²) in [6.07, 6.45) is 1.90. The molecule has 1 aromatic carbocycles. The highest BCUT2D eigenvalue weighted by molar-refractivity contribution is 5.44. The second-order valence-electron chi connectivity index (χ2n) is 4.43. The lowest BCUT2D eigenvalue weighted by Gasteiger charge is -2.07. The number of nitrogens with one attached hydrogen (secondary N) is 1. The van der Waals surface area contributed by atoms with E-state index in [2.05, 4.69) is 15.5 Å². The summed E-state index contributed by atoms with van der Waals surface area (Å²) in [5.41, 5.74) is 1.43. The zero-order valence-electron chi connectivity index (χ0n) is 10.7. The summed E-state index contributed by atoms with van der Waals surface area (Å²) in [4.78, 5) is 0. The molecule has 0 bridgehead atoms. The lowest BCUT2D eigenvalue weighted by atomic mass is 10.2. The summed E-state index contributed by atoms with van der Waals surface area (Å²) in [5.74, 6) is 0.587. The maximum atomic E-state index is 9.70. The van der Waals surface area contributed by atoms with Crippen LogP contribution in [-0.4, -0.2) is 24.8 Å². The van der Waals surface area contributed by atoms with E-state index in [-0.39, 0.29) is 11.5 Å². The number of hydrogen-bond donors (Lipinski definition) is 3. The largest absolute Gasteiger partial charge is 0.504 e. The van der Waals surface area contributed by atoms with Crippen molar-refractivity contribution in [2.24, 2.45) is 0 Å².